The van der Waals surface area contributed by atoms with Crippen molar-refractivity contribution < 1.29 is 13.2 Å². The van der Waals surface area contributed by atoms with E-state index in [1.165, 1.54) is 20.0 Å². The van der Waals surface area contributed by atoms with Gasteiger partial charge in [0.2, 0.25) is 10.0 Å². The second-order valence-corrected chi connectivity index (χ2v) is 7.13. The fourth-order valence-corrected chi connectivity index (χ4v) is 3.28. The Kier molecular flexibility index (Phi) is 5.61. The number of hydrogen-bond donors (Lipinski definition) is 2. The molecule has 0 amide bonds. The van der Waals surface area contributed by atoms with Crippen LogP contribution < -0.4 is 14.8 Å². The number of hydrogen-bond acceptors (Lipinski definition) is 4. The van der Waals surface area contributed by atoms with E-state index in [2.05, 4.69) is 10.0 Å². The van der Waals surface area contributed by atoms with Crippen molar-refractivity contribution in [3.63, 3.8) is 0 Å². The van der Waals surface area contributed by atoms with Gasteiger partial charge in [-0.25, -0.2) is 13.1 Å². The summed E-state index contributed by atoms with van der Waals surface area (Å²) < 4.78 is 32.4. The number of unbranched alkanes of at least 4 members (excludes halogenated alkanes) is 1. The predicted molar refractivity (Wildman–Crippen MR) is 83.0 cm³/mol. The van der Waals surface area contributed by atoms with Crippen LogP contribution >= 0.6 is 0 Å². The second-order valence-electron chi connectivity index (χ2n) is 5.39. The Morgan fingerprint density at radius 2 is 2.10 bits per heavy atom. The molecule has 1 fully saturated rings. The minimum absolute atomic E-state index is 0.205. The maximum atomic E-state index is 12.3. The molecule has 0 bridgehead atoms. The van der Waals surface area contributed by atoms with Crippen molar-refractivity contribution in [2.45, 2.75) is 50.1 Å². The van der Waals surface area contributed by atoms with Crippen LogP contribution in [0.3, 0.4) is 0 Å². The van der Waals surface area contributed by atoms with Crippen LogP contribution in [-0.2, 0) is 16.6 Å². The summed E-state index contributed by atoms with van der Waals surface area (Å²) in [5, 5.41) is 3.40. The molecule has 1 aromatic carbocycles. The number of nitrogens with one attached hydrogen (secondary N) is 2. The minimum Gasteiger partial charge on any atom is -0.495 e. The number of methoxy groups -OCH3 is 1. The first-order chi connectivity index (χ1) is 10.1. The molecule has 1 saturated carbocycles. The van der Waals surface area contributed by atoms with Gasteiger partial charge >= 0.3 is 0 Å². The van der Waals surface area contributed by atoms with Crippen LogP contribution in [0, 0.1) is 0 Å². The van der Waals surface area contributed by atoms with Crippen LogP contribution in [0.2, 0.25) is 0 Å². The van der Waals surface area contributed by atoms with Crippen LogP contribution in [0.25, 0.3) is 0 Å². The third-order valence-electron chi connectivity index (χ3n) is 3.51. The zero-order chi connectivity index (χ0) is 15.3. The van der Waals surface area contributed by atoms with Gasteiger partial charge in [-0.3, -0.25) is 0 Å². The molecule has 6 heteroatoms. The maximum absolute atomic E-state index is 12.3. The maximum Gasteiger partial charge on any atom is 0.244 e. The molecule has 0 heterocycles. The van der Waals surface area contributed by atoms with Gasteiger partial charge in [0.25, 0.3) is 0 Å². The Labute approximate surface area is 127 Å². The van der Waals surface area contributed by atoms with Gasteiger partial charge < -0.3 is 10.1 Å². The van der Waals surface area contributed by atoms with E-state index >= 15 is 0 Å². The molecular formula is C15H24N2O3S. The third-order valence-corrected chi connectivity index (χ3v) is 5.01. The molecule has 1 aliphatic rings. The number of sulfonamides is 1. The standard InChI is InChI=1S/C15H24N2O3S/c1-3-4-9-17-21(18,19)15-8-5-12(10-14(15)20-2)11-16-13-6-7-13/h5,8,10,13,16-17H,3-4,6-7,9,11H2,1-2H3. The highest BCUT2D eigenvalue weighted by molar-refractivity contribution is 7.89. The molecule has 0 unspecified atom stereocenters. The van der Waals surface area contributed by atoms with E-state index < -0.39 is 10.0 Å². The molecule has 0 spiro atoms. The van der Waals surface area contributed by atoms with Gasteiger partial charge in [-0.1, -0.05) is 19.4 Å². The zero-order valence-electron chi connectivity index (χ0n) is 12.7. The Balaban J connectivity index is 2.10. The van der Waals surface area contributed by atoms with E-state index in [4.69, 9.17) is 4.74 Å². The molecule has 1 aromatic rings. The molecule has 2 rings (SSSR count). The van der Waals surface area contributed by atoms with Gasteiger partial charge in [0.05, 0.1) is 7.11 Å². The van der Waals surface area contributed by atoms with E-state index in [1.807, 2.05) is 13.0 Å². The fourth-order valence-electron chi connectivity index (χ4n) is 2.05. The molecule has 0 aromatic heterocycles. The Morgan fingerprint density at radius 3 is 2.71 bits per heavy atom. The average Bonchev–Trinajstić information content (AvgIpc) is 3.29. The van der Waals surface area contributed by atoms with Gasteiger partial charge in [-0.15, -0.1) is 0 Å². The van der Waals surface area contributed by atoms with Crippen molar-refractivity contribution in [1.82, 2.24) is 10.0 Å². The van der Waals surface area contributed by atoms with Crippen LogP contribution in [0.15, 0.2) is 23.1 Å². The lowest BCUT2D eigenvalue weighted by molar-refractivity contribution is 0.401. The van der Waals surface area contributed by atoms with Crippen molar-refractivity contribution in [3.8, 4) is 5.75 Å². The summed E-state index contributed by atoms with van der Waals surface area (Å²) in [6.45, 7) is 3.22. The summed E-state index contributed by atoms with van der Waals surface area (Å²) in [4.78, 5) is 0.205. The number of benzene rings is 1. The van der Waals surface area contributed by atoms with E-state index in [0.717, 1.165) is 24.9 Å². The lowest BCUT2D eigenvalue weighted by Crippen LogP contribution is -2.25. The Hall–Kier alpha value is -1.11. The molecule has 0 radical (unpaired) electrons. The quantitative estimate of drug-likeness (QED) is 0.685. The van der Waals surface area contributed by atoms with Gasteiger partial charge in [0.15, 0.2) is 0 Å². The largest absolute Gasteiger partial charge is 0.495 e. The van der Waals surface area contributed by atoms with Crippen molar-refractivity contribution in [2.24, 2.45) is 0 Å². The van der Waals surface area contributed by atoms with Gasteiger partial charge in [0, 0.05) is 19.1 Å². The Morgan fingerprint density at radius 1 is 1.33 bits per heavy atom. The smallest absolute Gasteiger partial charge is 0.244 e. The Bertz CT molecular complexity index is 568. The molecule has 21 heavy (non-hydrogen) atoms. The summed E-state index contributed by atoms with van der Waals surface area (Å²) in [5.74, 6) is 0.397. The van der Waals surface area contributed by atoms with Crippen LogP contribution in [0.4, 0.5) is 0 Å². The summed E-state index contributed by atoms with van der Waals surface area (Å²) in [5.41, 5.74) is 1.03. The highest BCUT2D eigenvalue weighted by Crippen LogP contribution is 2.26. The molecule has 0 aliphatic heterocycles. The summed E-state index contributed by atoms with van der Waals surface area (Å²) in [6, 6.07) is 5.88. The summed E-state index contributed by atoms with van der Waals surface area (Å²) in [6.07, 6.45) is 4.23. The SMILES string of the molecule is CCCCNS(=O)(=O)c1ccc(CNC2CC2)cc1OC. The zero-order valence-corrected chi connectivity index (χ0v) is 13.5. The van der Waals surface area contributed by atoms with Crippen molar-refractivity contribution in [2.75, 3.05) is 13.7 Å². The second kappa shape index (κ2) is 7.24. The van der Waals surface area contributed by atoms with Crippen LogP contribution in [-0.4, -0.2) is 28.1 Å². The van der Waals surface area contributed by atoms with E-state index in [9.17, 15) is 8.42 Å². The van der Waals surface area contributed by atoms with Gasteiger partial charge in [-0.2, -0.15) is 0 Å². The molecule has 0 atom stereocenters. The number of rotatable bonds is 9. The van der Waals surface area contributed by atoms with E-state index in [1.54, 1.807) is 12.1 Å². The summed E-state index contributed by atoms with van der Waals surface area (Å²) >= 11 is 0. The first-order valence-electron chi connectivity index (χ1n) is 7.46. The van der Waals surface area contributed by atoms with Crippen molar-refractivity contribution in [1.29, 1.82) is 0 Å². The molecule has 1 aliphatic carbocycles. The third kappa shape index (κ3) is 4.69. The molecule has 2 N–H and O–H groups in total. The first kappa shape index (κ1) is 16.3. The predicted octanol–water partition coefficient (Wildman–Crippen LogP) is 2.03. The van der Waals surface area contributed by atoms with Crippen molar-refractivity contribution in [3.05, 3.63) is 23.8 Å². The lowest BCUT2D eigenvalue weighted by atomic mass is 10.2. The van der Waals surface area contributed by atoms with E-state index in [-0.39, 0.29) is 4.90 Å². The highest BCUT2D eigenvalue weighted by atomic mass is 32.2. The summed E-state index contributed by atoms with van der Waals surface area (Å²) in [7, 11) is -2.01. The topological polar surface area (TPSA) is 67.4 Å². The molecular weight excluding hydrogens is 288 g/mol. The lowest BCUT2D eigenvalue weighted by Gasteiger charge is -2.12. The fraction of sp³-hybridized carbons (Fsp3) is 0.600. The van der Waals surface area contributed by atoms with E-state index in [0.29, 0.717) is 18.3 Å². The minimum atomic E-state index is -3.51. The average molecular weight is 312 g/mol. The highest BCUT2D eigenvalue weighted by Gasteiger charge is 2.22. The van der Waals surface area contributed by atoms with Crippen molar-refractivity contribution >= 4 is 10.0 Å². The number of ether oxygens (including phenoxy) is 1. The molecule has 0 saturated heterocycles. The van der Waals surface area contributed by atoms with Gasteiger partial charge in [0.1, 0.15) is 10.6 Å². The normalized spacial score (nSPS) is 15.1. The monoisotopic (exact) mass is 312 g/mol. The van der Waals surface area contributed by atoms with Crippen LogP contribution in [0.1, 0.15) is 38.2 Å². The molecule has 5 nitrogen and oxygen atoms in total. The molecule has 118 valence electrons. The van der Waals surface area contributed by atoms with Gasteiger partial charge in [-0.05, 0) is 37.0 Å². The first-order valence-corrected chi connectivity index (χ1v) is 8.95. The van der Waals surface area contributed by atoms with Crippen LogP contribution in [0.5, 0.6) is 5.75 Å².